The van der Waals surface area contributed by atoms with E-state index >= 15 is 0 Å². The van der Waals surface area contributed by atoms with Crippen LogP contribution >= 0.6 is 0 Å². The van der Waals surface area contributed by atoms with Crippen LogP contribution in [-0.2, 0) is 19.7 Å². The summed E-state index contributed by atoms with van der Waals surface area (Å²) in [4.78, 5) is 0. The van der Waals surface area contributed by atoms with Crippen LogP contribution < -0.4 is 14.8 Å². The molecule has 0 aliphatic heterocycles. The van der Waals surface area contributed by atoms with Crippen molar-refractivity contribution in [1.82, 2.24) is 20.2 Å². The summed E-state index contributed by atoms with van der Waals surface area (Å²) in [6, 6.07) is 11.9. The summed E-state index contributed by atoms with van der Waals surface area (Å²) in [5.41, 5.74) is 1.89. The summed E-state index contributed by atoms with van der Waals surface area (Å²) < 4.78 is 26.0. The van der Waals surface area contributed by atoms with Gasteiger partial charge in [0.25, 0.3) is 0 Å². The Labute approximate surface area is 163 Å². The number of anilines is 1. The maximum Gasteiger partial charge on any atom is 0.243 e. The van der Waals surface area contributed by atoms with Crippen LogP contribution in [-0.4, -0.2) is 27.3 Å². The zero-order valence-electron chi connectivity index (χ0n) is 16.1. The zero-order chi connectivity index (χ0) is 19.8. The molecule has 0 saturated carbocycles. The molecule has 0 fully saturated rings. The first kappa shape index (κ1) is 19.6. The Hall–Kier alpha value is -3.16. The van der Waals surface area contributed by atoms with Gasteiger partial charge >= 0.3 is 0 Å². The Bertz CT molecular complexity index is 883. The van der Waals surface area contributed by atoms with E-state index in [-0.39, 0.29) is 5.82 Å². The minimum Gasteiger partial charge on any atom is -0.493 e. The van der Waals surface area contributed by atoms with E-state index in [4.69, 9.17) is 9.47 Å². The van der Waals surface area contributed by atoms with Gasteiger partial charge in [0.15, 0.2) is 11.5 Å². The van der Waals surface area contributed by atoms with Gasteiger partial charge in [0.1, 0.15) is 12.4 Å². The first-order chi connectivity index (χ1) is 13.7. The molecule has 0 unspecified atom stereocenters. The molecule has 0 amide bonds. The van der Waals surface area contributed by atoms with E-state index in [2.05, 4.69) is 27.8 Å². The summed E-state index contributed by atoms with van der Waals surface area (Å²) in [5.74, 6) is 1.64. The van der Waals surface area contributed by atoms with Crippen LogP contribution in [0.2, 0.25) is 0 Å². The Balaban J connectivity index is 1.61. The number of hydrogen-bond acceptors (Lipinski definition) is 6. The molecule has 148 valence electrons. The molecular weight excluding hydrogens is 361 g/mol. The van der Waals surface area contributed by atoms with Crippen LogP contribution in [0.3, 0.4) is 0 Å². The number of benzene rings is 2. The summed E-state index contributed by atoms with van der Waals surface area (Å²) in [6.45, 7) is 3.80. The van der Waals surface area contributed by atoms with Crippen LogP contribution in [0.25, 0.3) is 0 Å². The van der Waals surface area contributed by atoms with Crippen LogP contribution in [0.4, 0.5) is 10.3 Å². The summed E-state index contributed by atoms with van der Waals surface area (Å²) in [5, 5.41) is 15.0. The van der Waals surface area contributed by atoms with Gasteiger partial charge in [-0.25, -0.2) is 9.07 Å². The summed E-state index contributed by atoms with van der Waals surface area (Å²) >= 11 is 0. The highest BCUT2D eigenvalue weighted by Crippen LogP contribution is 2.29. The minimum atomic E-state index is -0.265. The molecule has 0 spiro atoms. The Morgan fingerprint density at radius 2 is 1.86 bits per heavy atom. The lowest BCUT2D eigenvalue weighted by molar-refractivity contribution is 0.284. The van der Waals surface area contributed by atoms with Gasteiger partial charge in [0.2, 0.25) is 5.95 Å². The fraction of sp³-hybridized carbons (Fsp3) is 0.350. The number of halogens is 1. The molecule has 1 N–H and O–H groups in total. The van der Waals surface area contributed by atoms with E-state index < -0.39 is 0 Å². The highest BCUT2D eigenvalue weighted by molar-refractivity contribution is 5.44. The van der Waals surface area contributed by atoms with Gasteiger partial charge < -0.3 is 14.8 Å². The second kappa shape index (κ2) is 9.68. The first-order valence-electron chi connectivity index (χ1n) is 9.23. The Kier molecular flexibility index (Phi) is 6.78. The van der Waals surface area contributed by atoms with Crippen LogP contribution in [0, 0.1) is 5.82 Å². The first-order valence-corrected chi connectivity index (χ1v) is 9.23. The molecule has 0 bridgehead atoms. The monoisotopic (exact) mass is 385 g/mol. The quantitative estimate of drug-likeness (QED) is 0.572. The molecule has 0 atom stereocenters. The summed E-state index contributed by atoms with van der Waals surface area (Å²) in [7, 11) is 1.60. The number of unbranched alkanes of at least 4 members (excludes halogenated alkanes) is 1. The molecule has 28 heavy (non-hydrogen) atoms. The van der Waals surface area contributed by atoms with Crippen molar-refractivity contribution in [1.29, 1.82) is 0 Å². The van der Waals surface area contributed by atoms with Crippen molar-refractivity contribution in [3.63, 3.8) is 0 Å². The van der Waals surface area contributed by atoms with Crippen molar-refractivity contribution in [2.75, 3.05) is 12.4 Å². The Morgan fingerprint density at radius 3 is 2.61 bits per heavy atom. The molecule has 1 aromatic heterocycles. The van der Waals surface area contributed by atoms with Crippen LogP contribution in [0.1, 0.15) is 30.9 Å². The normalized spacial score (nSPS) is 10.7. The predicted octanol–water partition coefficient (Wildman–Crippen LogP) is 3.81. The number of ether oxygens (including phenoxy) is 2. The van der Waals surface area contributed by atoms with Gasteiger partial charge in [-0.05, 0) is 52.2 Å². The third kappa shape index (κ3) is 5.18. The average Bonchev–Trinajstić information content (AvgIpc) is 3.18. The SMILES string of the molecule is CCCCn1nnnc1NCc1ccc(OCc2ccc(F)cc2)c(OC)c1. The lowest BCUT2D eigenvalue weighted by Gasteiger charge is -2.13. The van der Waals surface area contributed by atoms with Gasteiger partial charge in [-0.3, -0.25) is 0 Å². The molecule has 0 radical (unpaired) electrons. The number of hydrogen-bond donors (Lipinski definition) is 1. The second-order valence-corrected chi connectivity index (χ2v) is 6.33. The van der Waals surface area contributed by atoms with Crippen molar-refractivity contribution in [2.45, 2.75) is 39.5 Å². The fourth-order valence-electron chi connectivity index (χ4n) is 2.65. The van der Waals surface area contributed by atoms with Crippen LogP contribution in [0.15, 0.2) is 42.5 Å². The average molecular weight is 385 g/mol. The number of tetrazole rings is 1. The molecule has 0 aliphatic carbocycles. The topological polar surface area (TPSA) is 74.1 Å². The van der Waals surface area contributed by atoms with E-state index in [1.165, 1.54) is 12.1 Å². The molecule has 3 rings (SSSR count). The van der Waals surface area contributed by atoms with E-state index in [1.54, 1.807) is 23.9 Å². The maximum atomic E-state index is 13.0. The van der Waals surface area contributed by atoms with Gasteiger partial charge in [-0.1, -0.05) is 36.6 Å². The number of methoxy groups -OCH3 is 1. The molecular formula is C20H24FN5O2. The number of nitrogens with one attached hydrogen (secondary N) is 1. The molecule has 7 nitrogen and oxygen atoms in total. The molecule has 0 aliphatic rings. The number of aryl methyl sites for hydroxylation is 1. The van der Waals surface area contributed by atoms with Gasteiger partial charge in [0.05, 0.1) is 7.11 Å². The zero-order valence-corrected chi connectivity index (χ0v) is 16.1. The predicted molar refractivity (Wildman–Crippen MR) is 104 cm³/mol. The molecule has 0 saturated heterocycles. The molecule has 2 aromatic carbocycles. The van der Waals surface area contributed by atoms with Crippen molar-refractivity contribution >= 4 is 5.95 Å². The fourth-order valence-corrected chi connectivity index (χ4v) is 2.65. The van der Waals surface area contributed by atoms with E-state index in [0.29, 0.717) is 30.6 Å². The van der Waals surface area contributed by atoms with Crippen LogP contribution in [0.5, 0.6) is 11.5 Å². The second-order valence-electron chi connectivity index (χ2n) is 6.33. The van der Waals surface area contributed by atoms with E-state index in [1.807, 2.05) is 18.2 Å². The van der Waals surface area contributed by atoms with Gasteiger partial charge in [-0.2, -0.15) is 0 Å². The minimum absolute atomic E-state index is 0.265. The van der Waals surface area contributed by atoms with E-state index in [9.17, 15) is 4.39 Å². The molecule has 8 heteroatoms. The van der Waals surface area contributed by atoms with Crippen molar-refractivity contribution in [3.8, 4) is 11.5 Å². The molecule has 1 heterocycles. The highest BCUT2D eigenvalue weighted by atomic mass is 19.1. The van der Waals surface area contributed by atoms with E-state index in [0.717, 1.165) is 30.5 Å². The number of rotatable bonds is 10. The lowest BCUT2D eigenvalue weighted by atomic mass is 10.2. The lowest BCUT2D eigenvalue weighted by Crippen LogP contribution is -2.09. The number of nitrogens with zero attached hydrogens (tertiary/aromatic N) is 4. The maximum absolute atomic E-state index is 13.0. The summed E-state index contributed by atoms with van der Waals surface area (Å²) in [6.07, 6.45) is 2.10. The molecule has 3 aromatic rings. The van der Waals surface area contributed by atoms with Gasteiger partial charge in [0, 0.05) is 13.1 Å². The third-order valence-electron chi connectivity index (χ3n) is 4.24. The third-order valence-corrected chi connectivity index (χ3v) is 4.24. The standard InChI is InChI=1S/C20H24FN5O2/c1-3-4-11-26-20(23-24-25-26)22-13-16-7-10-18(19(12-16)27-2)28-14-15-5-8-17(21)9-6-15/h5-10,12H,3-4,11,13-14H2,1-2H3,(H,22,23,25). The highest BCUT2D eigenvalue weighted by Gasteiger charge is 2.09. The smallest absolute Gasteiger partial charge is 0.243 e. The van der Waals surface area contributed by atoms with Gasteiger partial charge in [-0.15, -0.1) is 0 Å². The van der Waals surface area contributed by atoms with Crippen molar-refractivity contribution < 1.29 is 13.9 Å². The Morgan fingerprint density at radius 1 is 1.07 bits per heavy atom. The van der Waals surface area contributed by atoms with Crippen molar-refractivity contribution in [2.24, 2.45) is 0 Å². The number of aromatic nitrogens is 4. The van der Waals surface area contributed by atoms with Crippen molar-refractivity contribution in [3.05, 3.63) is 59.4 Å². The largest absolute Gasteiger partial charge is 0.493 e.